The SMILES string of the molecule is CC1Cc2cc(C(=O)NCCn3nc(C4CCNC4)c4nccnc43)ccc2O1. The highest BCUT2D eigenvalue weighted by Gasteiger charge is 2.24. The van der Waals surface area contributed by atoms with Gasteiger partial charge in [0.25, 0.3) is 5.91 Å². The lowest BCUT2D eigenvalue weighted by atomic mass is 10.0. The van der Waals surface area contributed by atoms with Crippen LogP contribution in [0.3, 0.4) is 0 Å². The van der Waals surface area contributed by atoms with Crippen LogP contribution in [0.25, 0.3) is 11.2 Å². The van der Waals surface area contributed by atoms with E-state index in [1.807, 2.05) is 29.8 Å². The third kappa shape index (κ3) is 3.44. The molecule has 2 aliphatic heterocycles. The summed E-state index contributed by atoms with van der Waals surface area (Å²) in [5.74, 6) is 1.15. The zero-order valence-electron chi connectivity index (χ0n) is 16.4. The average molecular weight is 392 g/mol. The summed E-state index contributed by atoms with van der Waals surface area (Å²) in [5.41, 5.74) is 4.38. The Morgan fingerprint density at radius 2 is 2.24 bits per heavy atom. The van der Waals surface area contributed by atoms with Crippen LogP contribution in [0.5, 0.6) is 5.75 Å². The molecule has 3 aromatic rings. The Labute approximate surface area is 168 Å². The molecule has 29 heavy (non-hydrogen) atoms. The fourth-order valence-electron chi connectivity index (χ4n) is 4.18. The number of rotatable bonds is 5. The van der Waals surface area contributed by atoms with Gasteiger partial charge in [-0.3, -0.25) is 4.79 Å². The highest BCUT2D eigenvalue weighted by molar-refractivity contribution is 5.94. The van der Waals surface area contributed by atoms with Crippen LogP contribution < -0.4 is 15.4 Å². The molecule has 8 heteroatoms. The van der Waals surface area contributed by atoms with Crippen LogP contribution in [0.2, 0.25) is 0 Å². The highest BCUT2D eigenvalue weighted by atomic mass is 16.5. The number of hydrogen-bond acceptors (Lipinski definition) is 6. The molecule has 2 unspecified atom stereocenters. The summed E-state index contributed by atoms with van der Waals surface area (Å²) in [6.07, 6.45) is 5.46. The van der Waals surface area contributed by atoms with Crippen LogP contribution in [0, 0.1) is 0 Å². The molecular formula is C21H24N6O2. The Bertz CT molecular complexity index is 1060. The molecule has 2 atom stereocenters. The Balaban J connectivity index is 1.28. The second kappa shape index (κ2) is 7.44. The summed E-state index contributed by atoms with van der Waals surface area (Å²) in [6.45, 7) is 4.97. The van der Waals surface area contributed by atoms with Crippen molar-refractivity contribution in [1.82, 2.24) is 30.4 Å². The van der Waals surface area contributed by atoms with Gasteiger partial charge in [0.05, 0.1) is 12.2 Å². The second-order valence-corrected chi connectivity index (χ2v) is 7.74. The molecule has 8 nitrogen and oxygen atoms in total. The Kier molecular flexibility index (Phi) is 4.63. The Hall–Kier alpha value is -3.00. The molecule has 1 saturated heterocycles. The topological polar surface area (TPSA) is 94.0 Å². The van der Waals surface area contributed by atoms with Gasteiger partial charge in [-0.15, -0.1) is 0 Å². The fourth-order valence-corrected chi connectivity index (χ4v) is 4.18. The maximum atomic E-state index is 12.6. The summed E-state index contributed by atoms with van der Waals surface area (Å²) in [7, 11) is 0. The van der Waals surface area contributed by atoms with Gasteiger partial charge in [0.2, 0.25) is 0 Å². The third-order valence-electron chi connectivity index (χ3n) is 5.61. The number of nitrogens with zero attached hydrogens (tertiary/aromatic N) is 4. The van der Waals surface area contributed by atoms with Gasteiger partial charge in [-0.1, -0.05) is 0 Å². The van der Waals surface area contributed by atoms with Crippen LogP contribution in [0.1, 0.15) is 40.9 Å². The van der Waals surface area contributed by atoms with Crippen molar-refractivity contribution in [3.63, 3.8) is 0 Å². The van der Waals surface area contributed by atoms with E-state index in [1.54, 1.807) is 12.4 Å². The average Bonchev–Trinajstić information content (AvgIpc) is 3.45. The molecule has 2 aliphatic rings. The molecule has 0 aliphatic carbocycles. The molecular weight excluding hydrogens is 368 g/mol. The lowest BCUT2D eigenvalue weighted by Gasteiger charge is -2.07. The molecule has 2 N–H and O–H groups in total. The lowest BCUT2D eigenvalue weighted by molar-refractivity contribution is 0.0952. The van der Waals surface area contributed by atoms with E-state index >= 15 is 0 Å². The number of carbonyl (C=O) groups excluding carboxylic acids is 1. The normalized spacial score (nSPS) is 20.6. The molecule has 2 aromatic heterocycles. The van der Waals surface area contributed by atoms with Gasteiger partial charge in [0, 0.05) is 43.4 Å². The van der Waals surface area contributed by atoms with E-state index in [1.165, 1.54) is 0 Å². The van der Waals surface area contributed by atoms with Crippen LogP contribution in [-0.2, 0) is 13.0 Å². The van der Waals surface area contributed by atoms with E-state index < -0.39 is 0 Å². The van der Waals surface area contributed by atoms with Gasteiger partial charge in [-0.05, 0) is 43.7 Å². The lowest BCUT2D eigenvalue weighted by Crippen LogP contribution is -2.27. The van der Waals surface area contributed by atoms with E-state index in [0.717, 1.165) is 54.1 Å². The summed E-state index contributed by atoms with van der Waals surface area (Å²) in [6, 6.07) is 5.62. The fraction of sp³-hybridized carbons (Fsp3) is 0.429. The number of benzene rings is 1. The number of fused-ring (bicyclic) bond motifs is 2. The first-order valence-corrected chi connectivity index (χ1v) is 10.1. The van der Waals surface area contributed by atoms with Crippen molar-refractivity contribution < 1.29 is 9.53 Å². The van der Waals surface area contributed by atoms with E-state index in [2.05, 4.69) is 20.6 Å². The van der Waals surface area contributed by atoms with Gasteiger partial charge in [-0.25, -0.2) is 14.6 Å². The maximum Gasteiger partial charge on any atom is 0.251 e. The van der Waals surface area contributed by atoms with Crippen molar-refractivity contribution in [3.8, 4) is 5.75 Å². The molecule has 0 saturated carbocycles. The minimum absolute atomic E-state index is 0.0879. The van der Waals surface area contributed by atoms with Crippen molar-refractivity contribution in [2.75, 3.05) is 19.6 Å². The van der Waals surface area contributed by atoms with E-state index in [-0.39, 0.29) is 12.0 Å². The Morgan fingerprint density at radius 1 is 1.34 bits per heavy atom. The van der Waals surface area contributed by atoms with Crippen LogP contribution >= 0.6 is 0 Å². The van der Waals surface area contributed by atoms with Gasteiger partial charge in [0.1, 0.15) is 17.4 Å². The number of carbonyl (C=O) groups is 1. The number of amides is 1. The minimum Gasteiger partial charge on any atom is -0.490 e. The monoisotopic (exact) mass is 392 g/mol. The molecule has 5 rings (SSSR count). The predicted molar refractivity (Wildman–Crippen MR) is 108 cm³/mol. The first kappa shape index (κ1) is 18.1. The van der Waals surface area contributed by atoms with E-state index in [0.29, 0.717) is 24.6 Å². The maximum absolute atomic E-state index is 12.6. The molecule has 1 aromatic carbocycles. The first-order chi connectivity index (χ1) is 14.2. The van der Waals surface area contributed by atoms with Gasteiger partial charge >= 0.3 is 0 Å². The molecule has 1 fully saturated rings. The van der Waals surface area contributed by atoms with E-state index in [4.69, 9.17) is 9.84 Å². The largest absolute Gasteiger partial charge is 0.490 e. The molecule has 0 radical (unpaired) electrons. The second-order valence-electron chi connectivity index (χ2n) is 7.74. The Morgan fingerprint density at radius 3 is 3.10 bits per heavy atom. The summed E-state index contributed by atoms with van der Waals surface area (Å²) in [4.78, 5) is 21.5. The number of hydrogen-bond donors (Lipinski definition) is 2. The van der Waals surface area contributed by atoms with Gasteiger partial charge in [-0.2, -0.15) is 5.10 Å². The van der Waals surface area contributed by atoms with Crippen molar-refractivity contribution in [2.45, 2.75) is 38.3 Å². The van der Waals surface area contributed by atoms with Crippen molar-refractivity contribution in [3.05, 3.63) is 47.4 Å². The third-order valence-corrected chi connectivity index (χ3v) is 5.61. The summed E-state index contributed by atoms with van der Waals surface area (Å²) in [5, 5.41) is 11.2. The van der Waals surface area contributed by atoms with E-state index in [9.17, 15) is 4.79 Å². The van der Waals surface area contributed by atoms with Crippen molar-refractivity contribution >= 4 is 17.1 Å². The zero-order chi connectivity index (χ0) is 19.8. The van der Waals surface area contributed by atoms with Crippen LogP contribution in [0.15, 0.2) is 30.6 Å². The number of ether oxygens (including phenoxy) is 1. The van der Waals surface area contributed by atoms with Crippen molar-refractivity contribution in [2.24, 2.45) is 0 Å². The quantitative estimate of drug-likeness (QED) is 0.686. The van der Waals surface area contributed by atoms with Gasteiger partial charge in [0.15, 0.2) is 5.65 Å². The standard InChI is InChI=1S/C21H24N6O2/c1-13-10-16-11-14(2-3-17(16)29-13)21(28)25-8-9-27-20-19(23-6-7-24-20)18(26-27)15-4-5-22-12-15/h2-3,6-7,11,13,15,22H,4-5,8-10,12H2,1H3,(H,25,28). The molecule has 4 heterocycles. The van der Waals surface area contributed by atoms with Gasteiger partial charge < -0.3 is 15.4 Å². The highest BCUT2D eigenvalue weighted by Crippen LogP contribution is 2.29. The smallest absolute Gasteiger partial charge is 0.251 e. The summed E-state index contributed by atoms with van der Waals surface area (Å²) < 4.78 is 7.56. The molecule has 1 amide bonds. The molecule has 0 spiro atoms. The first-order valence-electron chi connectivity index (χ1n) is 10.1. The molecule has 0 bridgehead atoms. The number of aromatic nitrogens is 4. The van der Waals surface area contributed by atoms with Crippen LogP contribution in [-0.4, -0.2) is 51.4 Å². The van der Waals surface area contributed by atoms with Crippen molar-refractivity contribution in [1.29, 1.82) is 0 Å². The molecule has 150 valence electrons. The summed E-state index contributed by atoms with van der Waals surface area (Å²) >= 11 is 0. The number of nitrogens with one attached hydrogen (secondary N) is 2. The van der Waals surface area contributed by atoms with Crippen LogP contribution in [0.4, 0.5) is 0 Å². The minimum atomic E-state index is -0.0879. The zero-order valence-corrected chi connectivity index (χ0v) is 16.4. The predicted octanol–water partition coefficient (Wildman–Crippen LogP) is 1.66.